The maximum absolute atomic E-state index is 4.65. The molecule has 0 saturated carbocycles. The zero-order valence-corrected chi connectivity index (χ0v) is 20.3. The molecule has 0 radical (unpaired) electrons. The van der Waals surface area contributed by atoms with Crippen LogP contribution in [0.1, 0.15) is 0 Å². The summed E-state index contributed by atoms with van der Waals surface area (Å²) < 4.78 is 0. The smallest absolute Gasteiger partial charge is 0.248 e. The van der Waals surface area contributed by atoms with Crippen molar-refractivity contribution in [3.63, 3.8) is 0 Å². The quantitative estimate of drug-likeness (QED) is 0.202. The van der Waals surface area contributed by atoms with Gasteiger partial charge in [0.2, 0.25) is 0 Å². The van der Waals surface area contributed by atoms with Crippen LogP contribution >= 0.6 is 0 Å². The van der Waals surface area contributed by atoms with Crippen LogP contribution in [0.2, 0.25) is 0 Å². The first-order valence-corrected chi connectivity index (χ1v) is 10.7. The molecule has 0 aliphatic carbocycles. The Labute approximate surface area is 207 Å². The number of rotatable bonds is 2. The summed E-state index contributed by atoms with van der Waals surface area (Å²) in [6.07, 6.45) is 0. The van der Waals surface area contributed by atoms with Crippen LogP contribution in [0, 0.1) is 0 Å². The van der Waals surface area contributed by atoms with E-state index in [9.17, 15) is 0 Å². The molecular weight excluding hydrogens is 581 g/mol. The van der Waals surface area contributed by atoms with Crippen molar-refractivity contribution < 1.29 is 20.1 Å². The van der Waals surface area contributed by atoms with Crippen molar-refractivity contribution in [1.82, 2.24) is 9.97 Å². The van der Waals surface area contributed by atoms with Crippen molar-refractivity contribution >= 4 is 21.8 Å². The van der Waals surface area contributed by atoms with Crippen molar-refractivity contribution in [2.24, 2.45) is 0 Å². The van der Waals surface area contributed by atoms with Gasteiger partial charge >= 0.3 is 20.1 Å². The Balaban J connectivity index is 0.000000152. The van der Waals surface area contributed by atoms with Crippen LogP contribution in [-0.4, -0.2) is 9.97 Å². The average Bonchev–Trinajstić information content (AvgIpc) is 2.89. The van der Waals surface area contributed by atoms with E-state index in [1.54, 1.807) is 0 Å². The first kappa shape index (κ1) is 22.5. The van der Waals surface area contributed by atoms with Gasteiger partial charge in [0.1, 0.15) is 0 Å². The first-order valence-electron chi connectivity index (χ1n) is 10.7. The molecule has 0 saturated heterocycles. The number of pyridine rings is 2. The number of hydrogen-bond donors (Lipinski definition) is 0. The second-order valence-electron chi connectivity index (χ2n) is 7.51. The van der Waals surface area contributed by atoms with E-state index in [-0.39, 0.29) is 20.1 Å². The van der Waals surface area contributed by atoms with Gasteiger partial charge in [-0.1, -0.05) is 109 Å². The summed E-state index contributed by atoms with van der Waals surface area (Å²) in [6.45, 7) is 0. The van der Waals surface area contributed by atoms with Gasteiger partial charge in [0.25, 0.3) is 0 Å². The normalized spacial score (nSPS) is 10.2. The van der Waals surface area contributed by atoms with Crippen LogP contribution in [0.3, 0.4) is 0 Å². The van der Waals surface area contributed by atoms with Gasteiger partial charge in [-0.25, -0.2) is 9.97 Å². The molecule has 0 N–H and O–H groups in total. The maximum Gasteiger partial charge on any atom is 3.00 e. The SMILES string of the molecule is [Ir+3].c1ccc(-c2ccc3ccccc3n2)cc1.c1ccc(-c2ccc3ccccc3n2)cc1. The molecule has 2 aromatic heterocycles. The van der Waals surface area contributed by atoms with Crippen LogP contribution in [0.5, 0.6) is 0 Å². The van der Waals surface area contributed by atoms with Gasteiger partial charge in [0.05, 0.1) is 22.4 Å². The van der Waals surface area contributed by atoms with Crippen LogP contribution in [0.25, 0.3) is 44.3 Å². The van der Waals surface area contributed by atoms with Gasteiger partial charge in [-0.15, -0.1) is 0 Å². The molecule has 0 unspecified atom stereocenters. The first-order chi connectivity index (χ1) is 15.9. The summed E-state index contributed by atoms with van der Waals surface area (Å²) in [4.78, 5) is 9.29. The number of para-hydroxylation sites is 2. The van der Waals surface area contributed by atoms with Crippen LogP contribution in [0.4, 0.5) is 0 Å². The van der Waals surface area contributed by atoms with Crippen LogP contribution < -0.4 is 0 Å². The minimum Gasteiger partial charge on any atom is -0.248 e. The summed E-state index contributed by atoms with van der Waals surface area (Å²) in [5.74, 6) is 0. The molecule has 2 heterocycles. The fourth-order valence-corrected chi connectivity index (χ4v) is 3.67. The Morgan fingerprint density at radius 1 is 0.333 bits per heavy atom. The predicted octanol–water partition coefficient (Wildman–Crippen LogP) is 7.80. The van der Waals surface area contributed by atoms with Gasteiger partial charge in [-0.05, 0) is 24.3 Å². The van der Waals surface area contributed by atoms with E-state index in [2.05, 4.69) is 70.6 Å². The summed E-state index contributed by atoms with van der Waals surface area (Å²) in [7, 11) is 0. The van der Waals surface area contributed by atoms with E-state index in [1.165, 1.54) is 10.8 Å². The van der Waals surface area contributed by atoms with Gasteiger partial charge in [-0.3, -0.25) is 0 Å². The largest absolute Gasteiger partial charge is 3.00 e. The van der Waals surface area contributed by atoms with Gasteiger partial charge in [0, 0.05) is 21.9 Å². The van der Waals surface area contributed by atoms with Gasteiger partial charge in [0.15, 0.2) is 0 Å². The number of aromatic nitrogens is 2. The van der Waals surface area contributed by atoms with Crippen LogP contribution in [-0.2, 0) is 20.1 Å². The summed E-state index contributed by atoms with van der Waals surface area (Å²) in [6, 6.07) is 45.2. The third-order valence-corrected chi connectivity index (χ3v) is 5.34. The van der Waals surface area contributed by atoms with E-state index in [0.29, 0.717) is 0 Å². The molecule has 4 aromatic carbocycles. The van der Waals surface area contributed by atoms with Crippen molar-refractivity contribution in [2.45, 2.75) is 0 Å². The molecule has 0 aliphatic rings. The minimum absolute atomic E-state index is 0. The van der Waals surface area contributed by atoms with E-state index >= 15 is 0 Å². The van der Waals surface area contributed by atoms with Gasteiger partial charge < -0.3 is 0 Å². The van der Waals surface area contributed by atoms with E-state index in [4.69, 9.17) is 0 Å². The Morgan fingerprint density at radius 2 is 0.697 bits per heavy atom. The molecule has 158 valence electrons. The Kier molecular flexibility index (Phi) is 7.36. The molecule has 0 amide bonds. The summed E-state index contributed by atoms with van der Waals surface area (Å²) in [5.41, 5.74) is 6.47. The fourth-order valence-electron chi connectivity index (χ4n) is 3.67. The molecule has 0 aliphatic heterocycles. The summed E-state index contributed by atoms with van der Waals surface area (Å²) >= 11 is 0. The third kappa shape index (κ3) is 5.40. The summed E-state index contributed by atoms with van der Waals surface area (Å²) in [5, 5.41) is 2.37. The van der Waals surface area contributed by atoms with Crippen molar-refractivity contribution in [3.05, 3.63) is 133 Å². The predicted molar refractivity (Wildman–Crippen MR) is 134 cm³/mol. The fraction of sp³-hybridized carbons (Fsp3) is 0. The van der Waals surface area contributed by atoms with Crippen molar-refractivity contribution in [2.75, 3.05) is 0 Å². The zero-order valence-electron chi connectivity index (χ0n) is 17.9. The second kappa shape index (κ2) is 10.8. The number of nitrogens with zero attached hydrogens (tertiary/aromatic N) is 2. The molecule has 3 heteroatoms. The van der Waals surface area contributed by atoms with E-state index in [1.807, 2.05) is 72.8 Å². The molecule has 0 atom stereocenters. The third-order valence-electron chi connectivity index (χ3n) is 5.34. The molecule has 33 heavy (non-hydrogen) atoms. The standard InChI is InChI=1S/2C15H11N.Ir/c2*1-2-6-12(7-3-1)15-11-10-13-8-4-5-9-14(13)16-15;/h2*1-11H;/q;;+3. The van der Waals surface area contributed by atoms with E-state index < -0.39 is 0 Å². The molecular formula is C30H22IrN2+3. The molecule has 2 nitrogen and oxygen atoms in total. The van der Waals surface area contributed by atoms with Gasteiger partial charge in [-0.2, -0.15) is 0 Å². The Morgan fingerprint density at radius 3 is 1.12 bits per heavy atom. The molecule has 6 aromatic rings. The van der Waals surface area contributed by atoms with Crippen LogP contribution in [0.15, 0.2) is 133 Å². The van der Waals surface area contributed by atoms with Crippen molar-refractivity contribution in [3.8, 4) is 22.5 Å². The Bertz CT molecular complexity index is 1350. The topological polar surface area (TPSA) is 25.8 Å². The zero-order chi connectivity index (χ0) is 21.6. The molecule has 0 fully saturated rings. The van der Waals surface area contributed by atoms with Crippen molar-refractivity contribution in [1.29, 1.82) is 0 Å². The van der Waals surface area contributed by atoms with E-state index in [0.717, 1.165) is 33.5 Å². The minimum atomic E-state index is 0. The number of fused-ring (bicyclic) bond motifs is 2. The Hall–Kier alpha value is -3.65. The molecule has 0 bridgehead atoms. The monoisotopic (exact) mass is 603 g/mol. The number of benzene rings is 4. The molecule has 6 rings (SSSR count). The second-order valence-corrected chi connectivity index (χ2v) is 7.51. The average molecular weight is 603 g/mol. The maximum atomic E-state index is 4.65. The molecule has 0 spiro atoms. The number of hydrogen-bond acceptors (Lipinski definition) is 2.